The van der Waals surface area contributed by atoms with E-state index in [4.69, 9.17) is 0 Å². The molecule has 2 aromatic rings. The van der Waals surface area contributed by atoms with E-state index in [-0.39, 0.29) is 11.7 Å². The van der Waals surface area contributed by atoms with Gasteiger partial charge in [0.2, 0.25) is 5.95 Å². The molecule has 1 amide bonds. The van der Waals surface area contributed by atoms with E-state index >= 15 is 0 Å². The predicted molar refractivity (Wildman–Crippen MR) is 97.3 cm³/mol. The second-order valence-electron chi connectivity index (χ2n) is 5.86. The second kappa shape index (κ2) is 9.71. The maximum absolute atomic E-state index is 13.5. The van der Waals surface area contributed by atoms with Gasteiger partial charge in [-0.25, -0.2) is 14.4 Å². The van der Waals surface area contributed by atoms with Gasteiger partial charge in [0.05, 0.1) is 5.56 Å². The Balaban J connectivity index is 1.90. The summed E-state index contributed by atoms with van der Waals surface area (Å²) in [6, 6.07) is 6.57. The smallest absolute Gasteiger partial charge is 0.254 e. The van der Waals surface area contributed by atoms with Crippen LogP contribution in [-0.2, 0) is 6.42 Å². The van der Waals surface area contributed by atoms with Crippen LogP contribution in [0, 0.1) is 5.82 Å². The predicted octanol–water partition coefficient (Wildman–Crippen LogP) is 3.21. The Morgan fingerprint density at radius 2 is 1.76 bits per heavy atom. The summed E-state index contributed by atoms with van der Waals surface area (Å²) in [6.45, 7) is 6.36. The molecule has 0 fully saturated rings. The second-order valence-corrected chi connectivity index (χ2v) is 5.86. The number of hydrogen-bond donors (Lipinski definition) is 1. The molecule has 0 aliphatic rings. The van der Waals surface area contributed by atoms with Gasteiger partial charge in [-0.3, -0.25) is 4.79 Å². The molecule has 0 aliphatic heterocycles. The molecule has 1 heterocycles. The van der Waals surface area contributed by atoms with Crippen LogP contribution in [0.15, 0.2) is 36.7 Å². The fourth-order valence-electron chi connectivity index (χ4n) is 2.57. The molecule has 0 bridgehead atoms. The van der Waals surface area contributed by atoms with E-state index in [0.29, 0.717) is 30.0 Å². The van der Waals surface area contributed by atoms with Crippen LogP contribution in [0.5, 0.6) is 0 Å². The number of aromatic nitrogens is 2. The van der Waals surface area contributed by atoms with Crippen LogP contribution in [-0.4, -0.2) is 35.5 Å². The lowest BCUT2D eigenvalue weighted by Gasteiger charge is -2.21. The summed E-state index contributed by atoms with van der Waals surface area (Å²) in [4.78, 5) is 22.9. The zero-order valence-electron chi connectivity index (χ0n) is 14.8. The average Bonchev–Trinajstić information content (AvgIpc) is 2.63. The fourth-order valence-corrected chi connectivity index (χ4v) is 2.57. The molecule has 0 unspecified atom stereocenters. The van der Waals surface area contributed by atoms with Crippen molar-refractivity contribution in [2.45, 2.75) is 33.1 Å². The maximum atomic E-state index is 13.5. The van der Waals surface area contributed by atoms with Gasteiger partial charge in [0.1, 0.15) is 5.82 Å². The maximum Gasteiger partial charge on any atom is 0.254 e. The largest absolute Gasteiger partial charge is 0.352 e. The number of rotatable bonds is 9. The molecule has 0 aliphatic carbocycles. The van der Waals surface area contributed by atoms with E-state index in [1.54, 1.807) is 30.6 Å². The molecule has 0 saturated heterocycles. The van der Waals surface area contributed by atoms with Gasteiger partial charge in [-0.1, -0.05) is 32.0 Å². The van der Waals surface area contributed by atoms with E-state index in [1.165, 1.54) is 6.07 Å². The fraction of sp³-hybridized carbons (Fsp3) is 0.421. The number of carbonyl (C=O) groups excluding carboxylic acids is 1. The van der Waals surface area contributed by atoms with Crippen LogP contribution < -0.4 is 10.2 Å². The molecular weight excluding hydrogens is 319 g/mol. The first-order chi connectivity index (χ1) is 12.2. The highest BCUT2D eigenvalue weighted by Crippen LogP contribution is 2.09. The summed E-state index contributed by atoms with van der Waals surface area (Å²) in [6.07, 6.45) is 5.56. The summed E-state index contributed by atoms with van der Waals surface area (Å²) < 4.78 is 13.5. The standard InChI is InChI=1S/C19H25FN4O/c1-3-11-24(12-4-2)19-22-13-16(14-23-19)18(25)21-10-9-15-7-5-6-8-17(15)20/h5-8,13-14H,3-4,9-12H2,1-2H3,(H,21,25). The first kappa shape index (κ1) is 18.8. The van der Waals surface area contributed by atoms with Gasteiger partial charge in [0.15, 0.2) is 0 Å². The lowest BCUT2D eigenvalue weighted by molar-refractivity contribution is 0.0953. The molecular formula is C19H25FN4O. The van der Waals surface area contributed by atoms with Crippen molar-refractivity contribution in [3.8, 4) is 0 Å². The third-order valence-corrected chi connectivity index (χ3v) is 3.81. The van der Waals surface area contributed by atoms with Crippen molar-refractivity contribution >= 4 is 11.9 Å². The third kappa shape index (κ3) is 5.52. The van der Waals surface area contributed by atoms with Gasteiger partial charge in [0.25, 0.3) is 5.91 Å². The van der Waals surface area contributed by atoms with Crippen molar-refractivity contribution in [1.29, 1.82) is 0 Å². The molecule has 1 aromatic heterocycles. The Hall–Kier alpha value is -2.50. The monoisotopic (exact) mass is 344 g/mol. The molecule has 1 aromatic carbocycles. The minimum atomic E-state index is -0.253. The normalized spacial score (nSPS) is 10.5. The topological polar surface area (TPSA) is 58.1 Å². The van der Waals surface area contributed by atoms with E-state index < -0.39 is 0 Å². The number of anilines is 1. The molecule has 0 saturated carbocycles. The van der Waals surface area contributed by atoms with Crippen molar-refractivity contribution in [3.05, 3.63) is 53.6 Å². The number of halogens is 1. The number of amides is 1. The van der Waals surface area contributed by atoms with Crippen LogP contribution in [0.4, 0.5) is 10.3 Å². The van der Waals surface area contributed by atoms with Gasteiger partial charge in [-0.15, -0.1) is 0 Å². The number of hydrogen-bond acceptors (Lipinski definition) is 4. The summed E-state index contributed by atoms with van der Waals surface area (Å²) in [5.41, 5.74) is 0.995. The van der Waals surface area contributed by atoms with Crippen molar-refractivity contribution < 1.29 is 9.18 Å². The Kier molecular flexibility index (Phi) is 7.32. The molecule has 2 rings (SSSR count). The first-order valence-corrected chi connectivity index (χ1v) is 8.74. The molecule has 134 valence electrons. The molecule has 0 radical (unpaired) electrons. The van der Waals surface area contributed by atoms with Gasteiger partial charge in [0, 0.05) is 32.0 Å². The van der Waals surface area contributed by atoms with Crippen LogP contribution in [0.25, 0.3) is 0 Å². The average molecular weight is 344 g/mol. The molecule has 1 N–H and O–H groups in total. The lowest BCUT2D eigenvalue weighted by Crippen LogP contribution is -2.28. The Labute approximate surface area is 148 Å². The highest BCUT2D eigenvalue weighted by Gasteiger charge is 2.11. The van der Waals surface area contributed by atoms with E-state index in [2.05, 4.69) is 34.0 Å². The summed E-state index contributed by atoms with van der Waals surface area (Å²) in [7, 11) is 0. The molecule has 6 heteroatoms. The summed E-state index contributed by atoms with van der Waals surface area (Å²) in [5, 5.41) is 2.77. The lowest BCUT2D eigenvalue weighted by atomic mass is 10.1. The third-order valence-electron chi connectivity index (χ3n) is 3.81. The molecule has 5 nitrogen and oxygen atoms in total. The van der Waals surface area contributed by atoms with Crippen LogP contribution in [0.2, 0.25) is 0 Å². The van der Waals surface area contributed by atoms with E-state index in [9.17, 15) is 9.18 Å². The summed E-state index contributed by atoms with van der Waals surface area (Å²) >= 11 is 0. The Morgan fingerprint density at radius 1 is 1.12 bits per heavy atom. The van der Waals surface area contributed by atoms with E-state index in [1.807, 2.05) is 0 Å². The van der Waals surface area contributed by atoms with Gasteiger partial charge in [-0.05, 0) is 30.9 Å². The van der Waals surface area contributed by atoms with Gasteiger partial charge < -0.3 is 10.2 Å². The number of nitrogens with zero attached hydrogens (tertiary/aromatic N) is 3. The van der Waals surface area contributed by atoms with E-state index in [0.717, 1.165) is 25.9 Å². The highest BCUT2D eigenvalue weighted by molar-refractivity contribution is 5.93. The zero-order chi connectivity index (χ0) is 18.1. The number of benzene rings is 1. The molecule has 0 atom stereocenters. The Bertz CT molecular complexity index is 669. The zero-order valence-corrected chi connectivity index (χ0v) is 14.8. The highest BCUT2D eigenvalue weighted by atomic mass is 19.1. The molecule has 25 heavy (non-hydrogen) atoms. The van der Waals surface area contributed by atoms with Crippen LogP contribution in [0.3, 0.4) is 0 Å². The van der Waals surface area contributed by atoms with Crippen LogP contribution in [0.1, 0.15) is 42.6 Å². The summed E-state index contributed by atoms with van der Waals surface area (Å²) in [5.74, 6) is 0.142. The van der Waals surface area contributed by atoms with Crippen LogP contribution >= 0.6 is 0 Å². The van der Waals surface area contributed by atoms with Crippen molar-refractivity contribution in [2.24, 2.45) is 0 Å². The number of carbonyl (C=O) groups is 1. The Morgan fingerprint density at radius 3 is 2.36 bits per heavy atom. The quantitative estimate of drug-likeness (QED) is 0.759. The van der Waals surface area contributed by atoms with Gasteiger partial charge >= 0.3 is 0 Å². The first-order valence-electron chi connectivity index (χ1n) is 8.74. The number of nitrogens with one attached hydrogen (secondary N) is 1. The minimum Gasteiger partial charge on any atom is -0.352 e. The SMILES string of the molecule is CCCN(CCC)c1ncc(C(=O)NCCc2ccccc2F)cn1. The van der Waals surface area contributed by atoms with Crippen molar-refractivity contribution in [3.63, 3.8) is 0 Å². The van der Waals surface area contributed by atoms with Gasteiger partial charge in [-0.2, -0.15) is 0 Å². The minimum absolute atomic E-state index is 0.250. The molecule has 0 spiro atoms. The van der Waals surface area contributed by atoms with Crippen molar-refractivity contribution in [1.82, 2.24) is 15.3 Å². The van der Waals surface area contributed by atoms with Crippen molar-refractivity contribution in [2.75, 3.05) is 24.5 Å².